The van der Waals surface area contributed by atoms with Crippen LogP contribution in [0.3, 0.4) is 0 Å². The largest absolute Gasteiger partial charge is 0.489 e. The van der Waals surface area contributed by atoms with Crippen LogP contribution in [0.25, 0.3) is 0 Å². The predicted molar refractivity (Wildman–Crippen MR) is 98.2 cm³/mol. The number of carbonyl (C=O) groups excluding carboxylic acids is 1. The maximum absolute atomic E-state index is 12.2. The van der Waals surface area contributed by atoms with Crippen molar-refractivity contribution in [2.45, 2.75) is 19.6 Å². The standard InChI is InChI=1S/C19H21ClN2O3/c1-13-9-16(25-11-14-3-2-4-15(20)10-14)5-6-17(13)22-19(23)18-12-24-8-7-21-18/h2-6,9-10,18,21H,7-8,11-12H2,1H3,(H,22,23). The number of benzene rings is 2. The molecule has 1 saturated heterocycles. The van der Waals surface area contributed by atoms with Gasteiger partial charge in [-0.2, -0.15) is 0 Å². The van der Waals surface area contributed by atoms with Crippen LogP contribution >= 0.6 is 11.6 Å². The summed E-state index contributed by atoms with van der Waals surface area (Å²) >= 11 is 5.98. The average molecular weight is 361 g/mol. The molecule has 25 heavy (non-hydrogen) atoms. The van der Waals surface area contributed by atoms with Crippen LogP contribution in [0.2, 0.25) is 5.02 Å². The van der Waals surface area contributed by atoms with Gasteiger partial charge in [0.05, 0.1) is 13.2 Å². The molecule has 1 aliphatic rings. The normalized spacial score (nSPS) is 17.1. The minimum atomic E-state index is -0.313. The first-order valence-electron chi connectivity index (χ1n) is 8.22. The molecule has 0 saturated carbocycles. The van der Waals surface area contributed by atoms with E-state index in [1.807, 2.05) is 49.4 Å². The Labute approximate surface area is 152 Å². The Morgan fingerprint density at radius 1 is 1.36 bits per heavy atom. The van der Waals surface area contributed by atoms with Gasteiger partial charge < -0.3 is 20.1 Å². The summed E-state index contributed by atoms with van der Waals surface area (Å²) in [7, 11) is 0. The van der Waals surface area contributed by atoms with E-state index in [0.717, 1.165) is 22.6 Å². The fraction of sp³-hybridized carbons (Fsp3) is 0.316. The molecule has 1 fully saturated rings. The lowest BCUT2D eigenvalue weighted by atomic mass is 10.1. The van der Waals surface area contributed by atoms with Crippen molar-refractivity contribution >= 4 is 23.2 Å². The second-order valence-corrected chi connectivity index (χ2v) is 6.40. The van der Waals surface area contributed by atoms with E-state index in [1.165, 1.54) is 0 Å². The predicted octanol–water partition coefficient (Wildman–Crippen LogP) is 3.15. The number of nitrogens with one attached hydrogen (secondary N) is 2. The zero-order chi connectivity index (χ0) is 17.6. The Morgan fingerprint density at radius 2 is 2.24 bits per heavy atom. The van der Waals surface area contributed by atoms with E-state index >= 15 is 0 Å². The molecule has 0 radical (unpaired) electrons. The number of carbonyl (C=O) groups is 1. The van der Waals surface area contributed by atoms with Crippen molar-refractivity contribution in [1.82, 2.24) is 5.32 Å². The number of hydrogen-bond acceptors (Lipinski definition) is 4. The van der Waals surface area contributed by atoms with E-state index in [0.29, 0.717) is 31.4 Å². The average Bonchev–Trinajstić information content (AvgIpc) is 2.63. The molecule has 1 atom stereocenters. The SMILES string of the molecule is Cc1cc(OCc2cccc(Cl)c2)ccc1NC(=O)C1COCCN1. The van der Waals surface area contributed by atoms with E-state index < -0.39 is 0 Å². The molecular weight excluding hydrogens is 340 g/mol. The molecular formula is C19H21ClN2O3. The molecule has 0 bridgehead atoms. The maximum atomic E-state index is 12.2. The molecule has 132 valence electrons. The molecule has 0 aromatic heterocycles. The lowest BCUT2D eigenvalue weighted by Crippen LogP contribution is -2.48. The highest BCUT2D eigenvalue weighted by molar-refractivity contribution is 6.30. The second-order valence-electron chi connectivity index (χ2n) is 5.97. The van der Waals surface area contributed by atoms with Gasteiger partial charge in [0, 0.05) is 17.3 Å². The Kier molecular flexibility index (Phi) is 5.91. The van der Waals surface area contributed by atoms with Gasteiger partial charge in [0.25, 0.3) is 0 Å². The van der Waals surface area contributed by atoms with Gasteiger partial charge >= 0.3 is 0 Å². The monoisotopic (exact) mass is 360 g/mol. The van der Waals surface area contributed by atoms with Crippen LogP contribution in [0, 0.1) is 6.92 Å². The molecule has 6 heteroatoms. The second kappa shape index (κ2) is 8.34. The minimum Gasteiger partial charge on any atom is -0.489 e. The first kappa shape index (κ1) is 17.7. The smallest absolute Gasteiger partial charge is 0.243 e. The van der Waals surface area contributed by atoms with Crippen molar-refractivity contribution < 1.29 is 14.3 Å². The van der Waals surface area contributed by atoms with Crippen molar-refractivity contribution in [3.63, 3.8) is 0 Å². The molecule has 1 aliphatic heterocycles. The molecule has 3 rings (SSSR count). The zero-order valence-electron chi connectivity index (χ0n) is 14.0. The van der Waals surface area contributed by atoms with Gasteiger partial charge in [-0.05, 0) is 48.4 Å². The summed E-state index contributed by atoms with van der Waals surface area (Å²) in [4.78, 5) is 12.2. The first-order chi connectivity index (χ1) is 12.1. The number of amides is 1. The van der Waals surface area contributed by atoms with E-state index in [-0.39, 0.29) is 11.9 Å². The molecule has 0 aliphatic carbocycles. The van der Waals surface area contributed by atoms with Crippen molar-refractivity contribution in [1.29, 1.82) is 0 Å². The highest BCUT2D eigenvalue weighted by atomic mass is 35.5. The summed E-state index contributed by atoms with van der Waals surface area (Å²) in [6, 6.07) is 12.9. The third-order valence-corrected chi connectivity index (χ3v) is 4.22. The lowest BCUT2D eigenvalue weighted by molar-refractivity contribution is -0.120. The zero-order valence-corrected chi connectivity index (χ0v) is 14.8. The van der Waals surface area contributed by atoms with Gasteiger partial charge in [-0.25, -0.2) is 0 Å². The van der Waals surface area contributed by atoms with E-state index in [9.17, 15) is 4.79 Å². The molecule has 2 aromatic rings. The summed E-state index contributed by atoms with van der Waals surface area (Å²) in [5, 5.41) is 6.76. The maximum Gasteiger partial charge on any atom is 0.243 e. The number of rotatable bonds is 5. The van der Waals surface area contributed by atoms with Gasteiger partial charge in [-0.3, -0.25) is 4.79 Å². The van der Waals surface area contributed by atoms with Crippen molar-refractivity contribution in [3.05, 3.63) is 58.6 Å². The van der Waals surface area contributed by atoms with E-state index in [4.69, 9.17) is 21.1 Å². The highest BCUT2D eigenvalue weighted by Gasteiger charge is 2.21. The van der Waals surface area contributed by atoms with Crippen molar-refractivity contribution in [3.8, 4) is 5.75 Å². The van der Waals surface area contributed by atoms with Crippen molar-refractivity contribution in [2.75, 3.05) is 25.1 Å². The van der Waals surface area contributed by atoms with Crippen LogP contribution in [-0.2, 0) is 16.1 Å². The Hall–Kier alpha value is -2.08. The lowest BCUT2D eigenvalue weighted by Gasteiger charge is -2.23. The fourth-order valence-corrected chi connectivity index (χ4v) is 2.83. The van der Waals surface area contributed by atoms with Crippen LogP contribution in [0.1, 0.15) is 11.1 Å². The van der Waals surface area contributed by atoms with Gasteiger partial charge in [-0.1, -0.05) is 23.7 Å². The molecule has 1 amide bonds. The first-order valence-corrected chi connectivity index (χ1v) is 8.59. The summed E-state index contributed by atoms with van der Waals surface area (Å²) < 4.78 is 11.1. The van der Waals surface area contributed by atoms with Gasteiger partial charge in [0.15, 0.2) is 0 Å². The number of aryl methyl sites for hydroxylation is 1. The van der Waals surface area contributed by atoms with Crippen LogP contribution in [0.5, 0.6) is 5.75 Å². The van der Waals surface area contributed by atoms with E-state index in [2.05, 4.69) is 10.6 Å². The van der Waals surface area contributed by atoms with E-state index in [1.54, 1.807) is 0 Å². The topological polar surface area (TPSA) is 59.6 Å². The summed E-state index contributed by atoms with van der Waals surface area (Å²) in [6.45, 7) is 4.10. The molecule has 1 heterocycles. The van der Waals surface area contributed by atoms with Gasteiger partial charge in [0.2, 0.25) is 5.91 Å². The minimum absolute atomic E-state index is 0.0876. The Balaban J connectivity index is 1.59. The summed E-state index contributed by atoms with van der Waals surface area (Å²) in [6.07, 6.45) is 0. The number of anilines is 1. The van der Waals surface area contributed by atoms with Crippen LogP contribution in [0.15, 0.2) is 42.5 Å². The van der Waals surface area contributed by atoms with Crippen molar-refractivity contribution in [2.24, 2.45) is 0 Å². The number of halogens is 1. The number of hydrogen-bond donors (Lipinski definition) is 2. The van der Waals surface area contributed by atoms with Crippen LogP contribution in [0.4, 0.5) is 5.69 Å². The quantitative estimate of drug-likeness (QED) is 0.860. The molecule has 0 spiro atoms. The Bertz CT molecular complexity index is 745. The Morgan fingerprint density at radius 3 is 2.96 bits per heavy atom. The van der Waals surface area contributed by atoms with Gasteiger partial charge in [0.1, 0.15) is 18.4 Å². The molecule has 2 N–H and O–H groups in total. The van der Waals surface area contributed by atoms with Gasteiger partial charge in [-0.15, -0.1) is 0 Å². The fourth-order valence-electron chi connectivity index (χ4n) is 2.61. The number of ether oxygens (including phenoxy) is 2. The third kappa shape index (κ3) is 4.95. The summed E-state index contributed by atoms with van der Waals surface area (Å²) in [5.41, 5.74) is 2.71. The molecule has 5 nitrogen and oxygen atoms in total. The third-order valence-electron chi connectivity index (χ3n) is 3.99. The van der Waals surface area contributed by atoms with Crippen LogP contribution in [-0.4, -0.2) is 31.7 Å². The van der Waals surface area contributed by atoms with Crippen LogP contribution < -0.4 is 15.4 Å². The summed E-state index contributed by atoms with van der Waals surface area (Å²) in [5.74, 6) is 0.657. The molecule has 1 unspecified atom stereocenters. The number of morpholine rings is 1. The molecule has 2 aromatic carbocycles. The highest BCUT2D eigenvalue weighted by Crippen LogP contribution is 2.23.